The highest BCUT2D eigenvalue weighted by atomic mass is 19.4. The van der Waals surface area contributed by atoms with E-state index in [1.165, 1.54) is 4.90 Å². The average molecular weight is 621 g/mol. The predicted molar refractivity (Wildman–Crippen MR) is 145 cm³/mol. The Morgan fingerprint density at radius 3 is 1.86 bits per heavy atom. The molecule has 0 saturated carbocycles. The van der Waals surface area contributed by atoms with Gasteiger partial charge in [-0.3, -0.25) is 14.4 Å². The summed E-state index contributed by atoms with van der Waals surface area (Å²) in [5.41, 5.74) is 10.9. The van der Waals surface area contributed by atoms with Gasteiger partial charge in [-0.15, -0.1) is 0 Å². The van der Waals surface area contributed by atoms with Gasteiger partial charge in [0, 0.05) is 37.4 Å². The van der Waals surface area contributed by atoms with Crippen LogP contribution >= 0.6 is 0 Å². The van der Waals surface area contributed by atoms with Gasteiger partial charge in [0.15, 0.2) is 0 Å². The lowest BCUT2D eigenvalue weighted by Gasteiger charge is -2.32. The van der Waals surface area contributed by atoms with E-state index in [9.17, 15) is 45.8 Å². The van der Waals surface area contributed by atoms with E-state index in [2.05, 4.69) is 10.6 Å². The van der Waals surface area contributed by atoms with Crippen molar-refractivity contribution in [2.24, 2.45) is 17.2 Å². The molecule has 2 unspecified atom stereocenters. The summed E-state index contributed by atoms with van der Waals surface area (Å²) in [5, 5.41) is 14.4. The number of aryl methyl sites for hydroxylation is 1. The van der Waals surface area contributed by atoms with E-state index < -0.39 is 59.7 Å². The van der Waals surface area contributed by atoms with Gasteiger partial charge in [-0.2, -0.15) is 26.3 Å². The summed E-state index contributed by atoms with van der Waals surface area (Å²) in [6.45, 7) is 0.687. The predicted octanol–water partition coefficient (Wildman–Crippen LogP) is 1.52. The van der Waals surface area contributed by atoms with Crippen molar-refractivity contribution in [1.29, 1.82) is 0 Å². The molecule has 2 aromatic rings. The second-order valence-corrected chi connectivity index (χ2v) is 9.63. The third kappa shape index (κ3) is 9.38. The van der Waals surface area contributed by atoms with Crippen molar-refractivity contribution < 1.29 is 45.8 Å². The van der Waals surface area contributed by atoms with Crippen LogP contribution in [0, 0.1) is 0 Å². The molecule has 43 heavy (non-hydrogen) atoms. The van der Waals surface area contributed by atoms with Gasteiger partial charge in [-0.25, -0.2) is 0 Å². The van der Waals surface area contributed by atoms with Gasteiger partial charge >= 0.3 is 12.4 Å². The Morgan fingerprint density at radius 2 is 1.37 bits per heavy atom. The number of nitrogens with two attached hydrogens (primary N) is 3. The summed E-state index contributed by atoms with van der Waals surface area (Å²) in [6.07, 6.45) is -12.3. The number of amides is 3. The van der Waals surface area contributed by atoms with Gasteiger partial charge in [0.2, 0.25) is 17.7 Å². The maximum absolute atomic E-state index is 13.2. The minimum absolute atomic E-state index is 0.0225. The van der Waals surface area contributed by atoms with E-state index in [0.717, 1.165) is 17.7 Å². The van der Waals surface area contributed by atoms with Crippen LogP contribution in [-0.4, -0.2) is 78.3 Å². The lowest BCUT2D eigenvalue weighted by molar-refractivity contribution is -0.376. The smallest absolute Gasteiger partial charge is 0.369 e. The minimum Gasteiger partial charge on any atom is -0.369 e. The molecule has 0 aliphatic rings. The molecule has 0 heterocycles. The molecule has 0 spiro atoms. The number of alkyl halides is 6. The Hall–Kier alpha value is -3.73. The molecule has 0 fully saturated rings. The van der Waals surface area contributed by atoms with Crippen LogP contribution in [0.4, 0.5) is 32.0 Å². The molecule has 0 aliphatic carbocycles. The molecular weight excluding hydrogens is 586 g/mol. The van der Waals surface area contributed by atoms with Crippen molar-refractivity contribution in [3.8, 4) is 0 Å². The monoisotopic (exact) mass is 620 g/mol. The first-order valence-corrected chi connectivity index (χ1v) is 13.1. The van der Waals surface area contributed by atoms with Crippen molar-refractivity contribution in [1.82, 2.24) is 10.2 Å². The Balaban J connectivity index is 2.22. The fourth-order valence-electron chi connectivity index (χ4n) is 4.10. The highest BCUT2D eigenvalue weighted by Gasteiger charge is 2.71. The number of carbonyl (C=O) groups excluding carboxylic acids is 3. The zero-order valence-electron chi connectivity index (χ0n) is 22.9. The van der Waals surface area contributed by atoms with Crippen LogP contribution in [0.2, 0.25) is 0 Å². The van der Waals surface area contributed by atoms with E-state index >= 15 is 0 Å². The molecule has 0 aliphatic heterocycles. The van der Waals surface area contributed by atoms with Crippen molar-refractivity contribution in [2.75, 3.05) is 31.5 Å². The fourth-order valence-corrected chi connectivity index (χ4v) is 4.10. The first kappa shape index (κ1) is 35.5. The third-order valence-electron chi connectivity index (χ3n) is 6.47. The number of halogens is 6. The van der Waals surface area contributed by atoms with Gasteiger partial charge in [0.05, 0.1) is 12.5 Å². The van der Waals surface area contributed by atoms with Crippen molar-refractivity contribution in [2.45, 2.75) is 49.3 Å². The molecule has 0 saturated heterocycles. The molecule has 10 nitrogen and oxygen atoms in total. The third-order valence-corrected chi connectivity index (χ3v) is 6.47. The summed E-state index contributed by atoms with van der Waals surface area (Å²) < 4.78 is 79.1. The standard InChI is InChI=1S/C27H34F6N6O4/c28-26(29,30)25(43,27(31,32)33)18-7-9-19(10-8-18)37-24(42)21(11-6-17-4-2-1-3-5-17)38-23(41)20(36)16-22(40)39(14-12-34)15-13-35/h1-5,7-10,20-21,43H,6,11-16,34-36H2,(H,37,42)(H,38,41). The second-order valence-electron chi connectivity index (χ2n) is 9.63. The zero-order chi connectivity index (χ0) is 32.4. The summed E-state index contributed by atoms with van der Waals surface area (Å²) in [6, 6.07) is 8.45. The first-order chi connectivity index (χ1) is 20.0. The van der Waals surface area contributed by atoms with E-state index in [1.54, 1.807) is 30.3 Å². The average Bonchev–Trinajstić information content (AvgIpc) is 2.94. The van der Waals surface area contributed by atoms with Crippen LogP contribution < -0.4 is 27.8 Å². The quantitative estimate of drug-likeness (QED) is 0.174. The summed E-state index contributed by atoms with van der Waals surface area (Å²) in [4.78, 5) is 39.9. The van der Waals surface area contributed by atoms with Gasteiger partial charge in [-0.05, 0) is 30.5 Å². The van der Waals surface area contributed by atoms with E-state index in [1.807, 2.05) is 0 Å². The number of carbonyl (C=O) groups is 3. The SMILES string of the molecule is NCCN(CCN)C(=O)CC(N)C(=O)NC(CCc1ccccc1)C(=O)Nc1ccc(C(O)(C(F)(F)F)C(F)(F)F)cc1. The number of hydrogen-bond acceptors (Lipinski definition) is 7. The van der Waals surface area contributed by atoms with E-state index in [4.69, 9.17) is 17.2 Å². The van der Waals surface area contributed by atoms with Crippen molar-refractivity contribution in [3.63, 3.8) is 0 Å². The van der Waals surface area contributed by atoms with Crippen molar-refractivity contribution >= 4 is 23.4 Å². The molecule has 2 atom stereocenters. The first-order valence-electron chi connectivity index (χ1n) is 13.1. The Kier molecular flexibility index (Phi) is 12.5. The highest BCUT2D eigenvalue weighted by Crippen LogP contribution is 2.50. The lowest BCUT2D eigenvalue weighted by atomic mass is 9.92. The van der Waals surface area contributed by atoms with Gasteiger partial charge in [-0.1, -0.05) is 42.5 Å². The Labute approximate surface area is 243 Å². The minimum atomic E-state index is -6.07. The van der Waals surface area contributed by atoms with Crippen molar-refractivity contribution in [3.05, 3.63) is 65.7 Å². The van der Waals surface area contributed by atoms with Crippen LogP contribution in [0.25, 0.3) is 0 Å². The number of anilines is 1. The van der Waals surface area contributed by atoms with Gasteiger partial charge in [0.25, 0.3) is 5.60 Å². The summed E-state index contributed by atoms with van der Waals surface area (Å²) in [7, 11) is 0. The number of nitrogens with zero attached hydrogens (tertiary/aromatic N) is 1. The number of nitrogens with one attached hydrogen (secondary N) is 2. The largest absolute Gasteiger partial charge is 0.430 e. The molecule has 2 aromatic carbocycles. The maximum Gasteiger partial charge on any atom is 0.430 e. The molecule has 3 amide bonds. The topological polar surface area (TPSA) is 177 Å². The van der Waals surface area contributed by atoms with E-state index in [0.29, 0.717) is 12.1 Å². The van der Waals surface area contributed by atoms with Gasteiger partial charge in [0.1, 0.15) is 6.04 Å². The Morgan fingerprint density at radius 1 is 0.837 bits per heavy atom. The molecule has 0 aromatic heterocycles. The molecule has 0 radical (unpaired) electrons. The molecule has 238 valence electrons. The van der Waals surface area contributed by atoms with Crippen LogP contribution in [0.15, 0.2) is 54.6 Å². The Bertz CT molecular complexity index is 1190. The second kappa shape index (κ2) is 15.1. The number of hydrogen-bond donors (Lipinski definition) is 6. The van der Waals surface area contributed by atoms with Crippen LogP contribution in [0.3, 0.4) is 0 Å². The molecule has 9 N–H and O–H groups in total. The normalized spacial score (nSPS) is 13.6. The number of benzene rings is 2. The molecule has 0 bridgehead atoms. The molecule has 2 rings (SSSR count). The number of aliphatic hydroxyl groups is 1. The van der Waals surface area contributed by atoms with E-state index in [-0.39, 0.29) is 44.7 Å². The lowest BCUT2D eigenvalue weighted by Crippen LogP contribution is -2.53. The molecular formula is C27H34F6N6O4. The fraction of sp³-hybridized carbons (Fsp3) is 0.444. The van der Waals surface area contributed by atoms with Gasteiger partial charge < -0.3 is 37.8 Å². The zero-order valence-corrected chi connectivity index (χ0v) is 22.9. The van der Waals surface area contributed by atoms with Crippen LogP contribution in [-0.2, 0) is 26.4 Å². The van der Waals surface area contributed by atoms with Crippen LogP contribution in [0.5, 0.6) is 0 Å². The maximum atomic E-state index is 13.2. The number of rotatable bonds is 14. The highest BCUT2D eigenvalue weighted by molar-refractivity contribution is 5.98. The van der Waals surface area contributed by atoms with Crippen LogP contribution in [0.1, 0.15) is 24.0 Å². The summed E-state index contributed by atoms with van der Waals surface area (Å²) >= 11 is 0. The summed E-state index contributed by atoms with van der Waals surface area (Å²) in [5.74, 6) is -2.19. The molecule has 16 heteroatoms.